The molecule has 0 aliphatic carbocycles. The van der Waals surface area contributed by atoms with Gasteiger partial charge in [-0.15, -0.1) is 11.8 Å². The molecule has 3 aromatic carbocycles. The molecular weight excluding hydrogens is 354 g/mol. The van der Waals surface area contributed by atoms with Crippen molar-refractivity contribution in [2.45, 2.75) is 24.0 Å². The first-order chi connectivity index (χ1) is 13.1. The van der Waals surface area contributed by atoms with Gasteiger partial charge >= 0.3 is 0 Å². The smallest absolute Gasteiger partial charge is 0.242 e. The second kappa shape index (κ2) is 8.78. The predicted molar refractivity (Wildman–Crippen MR) is 113 cm³/mol. The molecule has 0 spiro atoms. The number of benzene rings is 3. The quantitative estimate of drug-likeness (QED) is 0.553. The Labute approximate surface area is 164 Å². The summed E-state index contributed by atoms with van der Waals surface area (Å²) in [4.78, 5) is 14.2. The molecule has 0 aromatic heterocycles. The fourth-order valence-electron chi connectivity index (χ4n) is 2.76. The number of carbonyl (C=O) groups is 1. The number of rotatable bonds is 6. The van der Waals surface area contributed by atoms with Crippen molar-refractivity contribution in [2.24, 2.45) is 0 Å². The Morgan fingerprint density at radius 3 is 2.33 bits per heavy atom. The molecule has 0 fully saturated rings. The zero-order chi connectivity index (χ0) is 19.2. The van der Waals surface area contributed by atoms with Crippen molar-refractivity contribution in [1.82, 2.24) is 0 Å². The number of anilines is 1. The lowest BCUT2D eigenvalue weighted by Gasteiger charge is -2.18. The molecule has 3 rings (SSSR count). The normalized spacial score (nSPS) is 11.7. The molecule has 0 heterocycles. The lowest BCUT2D eigenvalue weighted by Crippen LogP contribution is -2.19. The van der Waals surface area contributed by atoms with E-state index < -0.39 is 0 Å². The predicted octanol–water partition coefficient (Wildman–Crippen LogP) is 5.78. The van der Waals surface area contributed by atoms with Crippen LogP contribution in [0, 0.1) is 13.8 Å². The Kier molecular flexibility index (Phi) is 6.20. The average Bonchev–Trinajstić information content (AvgIpc) is 2.70. The highest BCUT2D eigenvalue weighted by molar-refractivity contribution is 8.00. The molecule has 3 nitrogen and oxygen atoms in total. The van der Waals surface area contributed by atoms with E-state index in [1.165, 1.54) is 11.8 Å². The van der Waals surface area contributed by atoms with Gasteiger partial charge in [0, 0.05) is 10.6 Å². The highest BCUT2D eigenvalue weighted by Crippen LogP contribution is 2.37. The Balaban J connectivity index is 1.87. The van der Waals surface area contributed by atoms with Crippen molar-refractivity contribution in [3.8, 4) is 5.75 Å². The van der Waals surface area contributed by atoms with Gasteiger partial charge in [0.05, 0.1) is 7.11 Å². The van der Waals surface area contributed by atoms with Gasteiger partial charge < -0.3 is 10.1 Å². The molecule has 4 heteroatoms. The van der Waals surface area contributed by atoms with Crippen LogP contribution in [0.1, 0.15) is 21.9 Å². The Morgan fingerprint density at radius 1 is 0.963 bits per heavy atom. The maximum atomic E-state index is 13.1. The molecule has 0 aliphatic rings. The van der Waals surface area contributed by atoms with Crippen molar-refractivity contribution in [2.75, 3.05) is 12.4 Å². The maximum absolute atomic E-state index is 13.1. The highest BCUT2D eigenvalue weighted by Gasteiger charge is 2.22. The van der Waals surface area contributed by atoms with Crippen LogP contribution in [0.2, 0.25) is 0 Å². The number of nitrogens with one attached hydrogen (secondary N) is 1. The van der Waals surface area contributed by atoms with Gasteiger partial charge in [-0.25, -0.2) is 0 Å². The number of methoxy groups -OCH3 is 1. The van der Waals surface area contributed by atoms with E-state index in [-0.39, 0.29) is 11.2 Å². The van der Waals surface area contributed by atoms with Crippen molar-refractivity contribution in [1.29, 1.82) is 0 Å². The number of carbonyl (C=O) groups excluding carboxylic acids is 1. The lowest BCUT2D eigenvalue weighted by atomic mass is 10.1. The molecule has 3 aromatic rings. The Bertz CT molecular complexity index is 907. The number of thioether (sulfide) groups is 1. The summed E-state index contributed by atoms with van der Waals surface area (Å²) < 4.78 is 5.22. The van der Waals surface area contributed by atoms with Crippen LogP contribution >= 0.6 is 11.8 Å². The molecule has 27 heavy (non-hydrogen) atoms. The number of ether oxygens (including phenoxy) is 1. The molecule has 1 N–H and O–H groups in total. The van der Waals surface area contributed by atoms with Gasteiger partial charge in [0.15, 0.2) is 0 Å². The number of hydrogen-bond donors (Lipinski definition) is 1. The van der Waals surface area contributed by atoms with Crippen LogP contribution in [-0.4, -0.2) is 13.0 Å². The summed E-state index contributed by atoms with van der Waals surface area (Å²) in [5, 5.41) is 2.76. The van der Waals surface area contributed by atoms with E-state index in [0.29, 0.717) is 0 Å². The van der Waals surface area contributed by atoms with Crippen molar-refractivity contribution in [3.63, 3.8) is 0 Å². The number of aryl methyl sites for hydroxylation is 2. The molecule has 0 bridgehead atoms. The highest BCUT2D eigenvalue weighted by atomic mass is 32.2. The molecule has 0 unspecified atom stereocenters. The standard InChI is InChI=1S/C23H23NO2S/c1-16-9-10-17(2)21(15-16)24-23(25)22(18-7-5-4-6-8-18)27-20-13-11-19(26-3)12-14-20/h4-15,22H,1-3H3,(H,24,25)/t22-/m0/s1. The van der Waals surface area contributed by atoms with E-state index in [4.69, 9.17) is 4.74 Å². The number of amides is 1. The molecule has 1 amide bonds. The fourth-order valence-corrected chi connectivity index (χ4v) is 3.78. The third kappa shape index (κ3) is 4.92. The van der Waals surface area contributed by atoms with Crippen LogP contribution < -0.4 is 10.1 Å². The third-order valence-electron chi connectivity index (χ3n) is 4.30. The van der Waals surface area contributed by atoms with Gasteiger partial charge in [-0.2, -0.15) is 0 Å². The van der Waals surface area contributed by atoms with Crippen LogP contribution in [0.25, 0.3) is 0 Å². The van der Waals surface area contributed by atoms with Crippen LogP contribution in [0.4, 0.5) is 5.69 Å². The summed E-state index contributed by atoms with van der Waals surface area (Å²) in [6.45, 7) is 4.03. The third-order valence-corrected chi connectivity index (χ3v) is 5.57. The minimum atomic E-state index is -0.348. The fraction of sp³-hybridized carbons (Fsp3) is 0.174. The first-order valence-electron chi connectivity index (χ1n) is 8.80. The van der Waals surface area contributed by atoms with Gasteiger partial charge in [-0.05, 0) is 60.9 Å². The summed E-state index contributed by atoms with van der Waals surface area (Å²) in [6.07, 6.45) is 0. The lowest BCUT2D eigenvalue weighted by molar-refractivity contribution is -0.115. The first kappa shape index (κ1) is 19.1. The second-order valence-corrected chi connectivity index (χ2v) is 7.57. The summed E-state index contributed by atoms with van der Waals surface area (Å²) in [5.41, 5.74) is 4.00. The average molecular weight is 378 g/mol. The monoisotopic (exact) mass is 377 g/mol. The molecule has 138 valence electrons. The van der Waals surface area contributed by atoms with Crippen molar-refractivity contribution >= 4 is 23.4 Å². The van der Waals surface area contributed by atoms with Gasteiger partial charge in [-0.1, -0.05) is 42.5 Å². The van der Waals surface area contributed by atoms with E-state index in [0.717, 1.165) is 33.0 Å². The van der Waals surface area contributed by atoms with E-state index in [1.807, 2.05) is 86.6 Å². The zero-order valence-electron chi connectivity index (χ0n) is 15.7. The largest absolute Gasteiger partial charge is 0.497 e. The topological polar surface area (TPSA) is 38.3 Å². The summed E-state index contributed by atoms with van der Waals surface area (Å²) in [7, 11) is 1.65. The summed E-state index contributed by atoms with van der Waals surface area (Å²) in [6, 6.07) is 23.7. The Morgan fingerprint density at radius 2 is 1.67 bits per heavy atom. The van der Waals surface area contributed by atoms with Crippen molar-refractivity contribution < 1.29 is 9.53 Å². The van der Waals surface area contributed by atoms with Crippen LogP contribution in [0.3, 0.4) is 0 Å². The molecule has 0 aliphatic heterocycles. The number of hydrogen-bond acceptors (Lipinski definition) is 3. The molecule has 0 radical (unpaired) electrons. The molecule has 0 saturated carbocycles. The first-order valence-corrected chi connectivity index (χ1v) is 9.68. The summed E-state index contributed by atoms with van der Waals surface area (Å²) in [5.74, 6) is 0.770. The van der Waals surface area contributed by atoms with Crippen LogP contribution in [0.15, 0.2) is 77.7 Å². The van der Waals surface area contributed by atoms with Gasteiger partial charge in [0.25, 0.3) is 0 Å². The van der Waals surface area contributed by atoms with Crippen LogP contribution in [0.5, 0.6) is 5.75 Å². The minimum absolute atomic E-state index is 0.0317. The van der Waals surface area contributed by atoms with E-state index in [1.54, 1.807) is 7.11 Å². The van der Waals surface area contributed by atoms with E-state index >= 15 is 0 Å². The molecule has 1 atom stereocenters. The van der Waals surface area contributed by atoms with Gasteiger partial charge in [-0.3, -0.25) is 4.79 Å². The summed E-state index contributed by atoms with van der Waals surface area (Å²) >= 11 is 1.53. The van der Waals surface area contributed by atoms with Crippen LogP contribution in [-0.2, 0) is 4.79 Å². The van der Waals surface area contributed by atoms with E-state index in [2.05, 4.69) is 5.32 Å². The molecular formula is C23H23NO2S. The van der Waals surface area contributed by atoms with Gasteiger partial charge in [0.2, 0.25) is 5.91 Å². The minimum Gasteiger partial charge on any atom is -0.497 e. The van der Waals surface area contributed by atoms with E-state index in [9.17, 15) is 4.79 Å². The van der Waals surface area contributed by atoms with Crippen molar-refractivity contribution in [3.05, 3.63) is 89.5 Å². The zero-order valence-corrected chi connectivity index (χ0v) is 16.5. The maximum Gasteiger partial charge on any atom is 0.242 e. The Hall–Kier alpha value is -2.72. The van der Waals surface area contributed by atoms with Gasteiger partial charge in [0.1, 0.15) is 11.0 Å². The SMILES string of the molecule is COc1ccc(S[C@H](C(=O)Nc2cc(C)ccc2C)c2ccccc2)cc1. The molecule has 0 saturated heterocycles. The second-order valence-electron chi connectivity index (χ2n) is 6.39.